The third-order valence-corrected chi connectivity index (χ3v) is 4.78. The maximum Gasteiger partial charge on any atom is 0.251 e. The second-order valence-electron chi connectivity index (χ2n) is 7.04. The van der Waals surface area contributed by atoms with Crippen molar-refractivity contribution >= 4 is 35.8 Å². The summed E-state index contributed by atoms with van der Waals surface area (Å²) in [5.74, 6) is 1.35. The molecule has 0 aliphatic carbocycles. The summed E-state index contributed by atoms with van der Waals surface area (Å²) in [6.45, 7) is 4.52. The normalized spacial score (nSPS) is 10.8. The summed E-state index contributed by atoms with van der Waals surface area (Å²) in [5, 5.41) is 13.6. The van der Waals surface area contributed by atoms with Gasteiger partial charge in [-0.3, -0.25) is 9.79 Å². The lowest BCUT2D eigenvalue weighted by atomic mass is 10.1. The van der Waals surface area contributed by atoms with E-state index >= 15 is 0 Å². The summed E-state index contributed by atoms with van der Waals surface area (Å²) < 4.78 is 6.95. The van der Waals surface area contributed by atoms with E-state index in [2.05, 4.69) is 50.3 Å². The fraction of sp³-hybridized carbons (Fsp3) is 0.292. The zero-order chi connectivity index (χ0) is 22.6. The van der Waals surface area contributed by atoms with Gasteiger partial charge >= 0.3 is 0 Å². The molecule has 2 aromatic carbocycles. The highest BCUT2D eigenvalue weighted by Crippen LogP contribution is 2.11. The molecule has 0 unspecified atom stereocenters. The molecular formula is C24H31IN6O2. The molecule has 8 nitrogen and oxygen atoms in total. The summed E-state index contributed by atoms with van der Waals surface area (Å²) in [6, 6.07) is 17.2. The molecule has 1 amide bonds. The van der Waals surface area contributed by atoms with Crippen LogP contribution in [0.4, 0.5) is 0 Å². The molecule has 9 heteroatoms. The lowest BCUT2D eigenvalue weighted by Crippen LogP contribution is -2.41. The Kier molecular flexibility index (Phi) is 11.2. The van der Waals surface area contributed by atoms with Crippen LogP contribution in [0, 0.1) is 0 Å². The first-order valence-corrected chi connectivity index (χ1v) is 10.7. The minimum absolute atomic E-state index is 0. The number of rotatable bonds is 10. The molecule has 0 atom stereocenters. The van der Waals surface area contributed by atoms with Gasteiger partial charge in [-0.25, -0.2) is 4.68 Å². The summed E-state index contributed by atoms with van der Waals surface area (Å²) >= 11 is 0. The second-order valence-corrected chi connectivity index (χ2v) is 7.04. The first-order chi connectivity index (χ1) is 15.7. The Hall–Kier alpha value is -3.08. The van der Waals surface area contributed by atoms with Crippen LogP contribution in [0.5, 0.6) is 5.75 Å². The van der Waals surface area contributed by atoms with Gasteiger partial charge in [-0.15, -0.1) is 24.0 Å². The Morgan fingerprint density at radius 3 is 2.39 bits per heavy atom. The molecule has 33 heavy (non-hydrogen) atoms. The molecule has 3 N–H and O–H groups in total. The number of ether oxygens (including phenoxy) is 1. The minimum atomic E-state index is -0.116. The molecule has 0 aliphatic heterocycles. The number of halogens is 1. The summed E-state index contributed by atoms with van der Waals surface area (Å²) in [6.07, 6.45) is 4.53. The number of hydrogen-bond acceptors (Lipinski definition) is 4. The van der Waals surface area contributed by atoms with E-state index in [1.807, 2.05) is 23.9 Å². The highest BCUT2D eigenvalue weighted by atomic mass is 127. The number of guanidine groups is 1. The summed E-state index contributed by atoms with van der Waals surface area (Å²) in [4.78, 5) is 16.8. The predicted molar refractivity (Wildman–Crippen MR) is 142 cm³/mol. The van der Waals surface area contributed by atoms with E-state index in [9.17, 15) is 4.79 Å². The van der Waals surface area contributed by atoms with E-state index in [0.717, 1.165) is 30.4 Å². The van der Waals surface area contributed by atoms with Crippen molar-refractivity contribution in [1.29, 1.82) is 0 Å². The largest absolute Gasteiger partial charge is 0.497 e. The first kappa shape index (κ1) is 26.2. The number of nitrogens with one attached hydrogen (secondary N) is 3. The highest BCUT2D eigenvalue weighted by molar-refractivity contribution is 14.0. The van der Waals surface area contributed by atoms with Gasteiger partial charge in [-0.05, 0) is 61.4 Å². The van der Waals surface area contributed by atoms with Crippen LogP contribution >= 0.6 is 24.0 Å². The maximum absolute atomic E-state index is 12.2. The molecule has 1 heterocycles. The molecule has 0 saturated heterocycles. The average Bonchev–Trinajstić information content (AvgIpc) is 3.37. The Bertz CT molecular complexity index is 989. The van der Waals surface area contributed by atoms with Gasteiger partial charge in [0.15, 0.2) is 5.96 Å². The fourth-order valence-corrected chi connectivity index (χ4v) is 3.08. The van der Waals surface area contributed by atoms with Crippen molar-refractivity contribution < 1.29 is 9.53 Å². The molecule has 0 spiro atoms. The van der Waals surface area contributed by atoms with Crippen LogP contribution in [0.15, 0.2) is 72.0 Å². The van der Waals surface area contributed by atoms with E-state index in [0.29, 0.717) is 25.2 Å². The van der Waals surface area contributed by atoms with Crippen molar-refractivity contribution in [3.63, 3.8) is 0 Å². The number of aliphatic imine (C=N–C) groups is 1. The quantitative estimate of drug-likeness (QED) is 0.153. The van der Waals surface area contributed by atoms with Crippen LogP contribution in [-0.2, 0) is 6.42 Å². The lowest BCUT2D eigenvalue weighted by Gasteiger charge is -2.12. The zero-order valence-corrected chi connectivity index (χ0v) is 21.3. The third-order valence-electron chi connectivity index (χ3n) is 4.78. The molecule has 0 bridgehead atoms. The molecule has 1 aromatic heterocycles. The van der Waals surface area contributed by atoms with Gasteiger partial charge in [0.05, 0.1) is 12.8 Å². The number of hydrogen-bond donors (Lipinski definition) is 3. The number of aromatic nitrogens is 2. The molecule has 3 aromatic rings. The van der Waals surface area contributed by atoms with Gasteiger partial charge in [-0.2, -0.15) is 5.10 Å². The van der Waals surface area contributed by atoms with E-state index in [1.54, 1.807) is 37.6 Å². The SMILES string of the molecule is CCNC(=NCCc1ccc(-n2cccn2)cc1)NCCNC(=O)c1ccc(OC)cc1.I. The number of nitrogens with zero attached hydrogens (tertiary/aromatic N) is 3. The van der Waals surface area contributed by atoms with E-state index < -0.39 is 0 Å². The van der Waals surface area contributed by atoms with E-state index in [4.69, 9.17) is 4.74 Å². The van der Waals surface area contributed by atoms with Crippen molar-refractivity contribution in [2.45, 2.75) is 13.3 Å². The van der Waals surface area contributed by atoms with Gasteiger partial charge in [0.25, 0.3) is 5.91 Å². The van der Waals surface area contributed by atoms with Crippen LogP contribution in [0.2, 0.25) is 0 Å². The predicted octanol–water partition coefficient (Wildman–Crippen LogP) is 3.03. The average molecular weight is 562 g/mol. The Morgan fingerprint density at radius 2 is 1.76 bits per heavy atom. The molecule has 3 rings (SSSR count). The van der Waals surface area contributed by atoms with Crippen LogP contribution < -0.4 is 20.7 Å². The minimum Gasteiger partial charge on any atom is -0.497 e. The molecule has 0 radical (unpaired) electrons. The third kappa shape index (κ3) is 8.41. The van der Waals surface area contributed by atoms with Crippen molar-refractivity contribution in [3.8, 4) is 11.4 Å². The fourth-order valence-electron chi connectivity index (χ4n) is 3.08. The summed E-state index contributed by atoms with van der Waals surface area (Å²) in [5.41, 5.74) is 2.85. The van der Waals surface area contributed by atoms with Crippen molar-refractivity contribution in [2.75, 3.05) is 33.3 Å². The van der Waals surface area contributed by atoms with Gasteiger partial charge in [0, 0.05) is 44.1 Å². The van der Waals surface area contributed by atoms with Crippen molar-refractivity contribution in [1.82, 2.24) is 25.7 Å². The number of amides is 1. The second kappa shape index (κ2) is 14.1. The number of carbonyl (C=O) groups is 1. The Morgan fingerprint density at radius 1 is 1.03 bits per heavy atom. The van der Waals surface area contributed by atoms with E-state index in [1.165, 1.54) is 5.56 Å². The highest BCUT2D eigenvalue weighted by Gasteiger charge is 2.05. The number of carbonyl (C=O) groups excluding carboxylic acids is 1. The van der Waals surface area contributed by atoms with Crippen LogP contribution in [0.3, 0.4) is 0 Å². The van der Waals surface area contributed by atoms with Crippen LogP contribution in [-0.4, -0.2) is 54.9 Å². The number of methoxy groups -OCH3 is 1. The molecule has 0 aliphatic rings. The molecule has 0 saturated carbocycles. The molecule has 0 fully saturated rings. The molecule has 176 valence electrons. The standard InChI is InChI=1S/C24H30N6O2.HI/c1-3-25-24(28-17-16-26-23(31)20-7-11-22(32-2)12-8-20)27-15-13-19-5-9-21(10-6-19)30-18-4-14-29-30;/h4-12,14,18H,3,13,15-17H2,1-2H3,(H,26,31)(H2,25,27,28);1H. The topological polar surface area (TPSA) is 92.6 Å². The van der Waals surface area contributed by atoms with Crippen molar-refractivity contribution in [3.05, 3.63) is 78.1 Å². The number of benzene rings is 2. The molecular weight excluding hydrogens is 531 g/mol. The monoisotopic (exact) mass is 562 g/mol. The van der Waals surface area contributed by atoms with Gasteiger partial charge in [-0.1, -0.05) is 12.1 Å². The van der Waals surface area contributed by atoms with Crippen LogP contribution in [0.1, 0.15) is 22.8 Å². The van der Waals surface area contributed by atoms with Crippen molar-refractivity contribution in [2.24, 2.45) is 4.99 Å². The van der Waals surface area contributed by atoms with Gasteiger partial charge < -0.3 is 20.7 Å². The lowest BCUT2D eigenvalue weighted by molar-refractivity contribution is 0.0954. The van der Waals surface area contributed by atoms with Gasteiger partial charge in [0.2, 0.25) is 0 Å². The maximum atomic E-state index is 12.2. The smallest absolute Gasteiger partial charge is 0.251 e. The zero-order valence-electron chi connectivity index (χ0n) is 19.0. The first-order valence-electron chi connectivity index (χ1n) is 10.7. The van der Waals surface area contributed by atoms with Gasteiger partial charge in [0.1, 0.15) is 5.75 Å². The summed E-state index contributed by atoms with van der Waals surface area (Å²) in [7, 11) is 1.60. The van der Waals surface area contributed by atoms with E-state index in [-0.39, 0.29) is 29.9 Å². The van der Waals surface area contributed by atoms with Crippen LogP contribution in [0.25, 0.3) is 5.69 Å². The Labute approximate surface area is 211 Å². The Balaban J connectivity index is 0.00000385.